The molecule has 0 aliphatic carbocycles. The van der Waals surface area contributed by atoms with Gasteiger partial charge in [-0.05, 0) is 61.7 Å². The van der Waals surface area contributed by atoms with Crippen LogP contribution in [0.25, 0.3) is 11.5 Å². The molecule has 162 valence electrons. The minimum Gasteiger partial charge on any atom is -0.425 e. The van der Waals surface area contributed by atoms with Gasteiger partial charge in [0.15, 0.2) is 7.26 Å². The molecule has 0 N–H and O–H groups in total. The standard InChI is InChI=1S/C29H25NOPS/c1-22-18-20-23(21-19-22)27-30-28(29(31-27)33-2)32(24-12-6-3-7-13-24,25-14-8-4-9-15-25)26-16-10-5-11-17-26/h3-21H,1-2H3/q+1. The second kappa shape index (κ2) is 9.39. The summed E-state index contributed by atoms with van der Waals surface area (Å²) in [7, 11) is -2.29. The molecule has 2 nitrogen and oxygen atoms in total. The Morgan fingerprint density at radius 3 is 1.52 bits per heavy atom. The van der Waals surface area contributed by atoms with Gasteiger partial charge in [0, 0.05) is 5.56 Å². The smallest absolute Gasteiger partial charge is 0.251 e. The highest BCUT2D eigenvalue weighted by atomic mass is 32.2. The van der Waals surface area contributed by atoms with Crippen LogP contribution in [0.1, 0.15) is 5.56 Å². The molecule has 1 heterocycles. The first kappa shape index (κ1) is 21.7. The van der Waals surface area contributed by atoms with Gasteiger partial charge in [-0.25, -0.2) is 0 Å². The zero-order chi connectivity index (χ0) is 22.7. The minimum atomic E-state index is -2.29. The van der Waals surface area contributed by atoms with Crippen LogP contribution >= 0.6 is 19.0 Å². The van der Waals surface area contributed by atoms with E-state index in [1.165, 1.54) is 21.5 Å². The van der Waals surface area contributed by atoms with Crippen LogP contribution in [0, 0.1) is 6.92 Å². The molecule has 4 heteroatoms. The Morgan fingerprint density at radius 1 is 0.636 bits per heavy atom. The first-order valence-electron chi connectivity index (χ1n) is 10.9. The van der Waals surface area contributed by atoms with Crippen molar-refractivity contribution in [1.29, 1.82) is 0 Å². The van der Waals surface area contributed by atoms with E-state index in [2.05, 4.69) is 128 Å². The Hall–Kier alpha value is -3.13. The van der Waals surface area contributed by atoms with Gasteiger partial charge < -0.3 is 4.42 Å². The number of thioether (sulfide) groups is 1. The normalized spacial score (nSPS) is 11.5. The highest BCUT2D eigenvalue weighted by Crippen LogP contribution is 2.55. The van der Waals surface area contributed by atoms with Gasteiger partial charge in [-0.2, -0.15) is 4.98 Å². The van der Waals surface area contributed by atoms with Crippen molar-refractivity contribution in [3.8, 4) is 11.5 Å². The minimum absolute atomic E-state index is 0.668. The third-order valence-electron chi connectivity index (χ3n) is 5.81. The van der Waals surface area contributed by atoms with Gasteiger partial charge in [0.05, 0.1) is 0 Å². The van der Waals surface area contributed by atoms with E-state index in [4.69, 9.17) is 9.40 Å². The van der Waals surface area contributed by atoms with Crippen LogP contribution in [0.4, 0.5) is 0 Å². The van der Waals surface area contributed by atoms with Crippen LogP contribution in [-0.4, -0.2) is 11.2 Å². The number of oxazole rings is 1. The number of rotatable bonds is 6. The summed E-state index contributed by atoms with van der Waals surface area (Å²) in [6.45, 7) is 2.09. The molecular weight excluding hydrogens is 441 g/mol. The fraction of sp³-hybridized carbons (Fsp3) is 0.0690. The summed E-state index contributed by atoms with van der Waals surface area (Å²) in [6, 6.07) is 40.7. The molecule has 0 spiro atoms. The second-order valence-corrected chi connectivity index (χ2v) is 12.0. The summed E-state index contributed by atoms with van der Waals surface area (Å²) in [5.74, 6) is 0.668. The van der Waals surface area contributed by atoms with Gasteiger partial charge in [-0.1, -0.05) is 84.1 Å². The molecule has 0 radical (unpaired) electrons. The number of hydrogen-bond donors (Lipinski definition) is 0. The first-order valence-corrected chi connectivity index (χ1v) is 13.9. The van der Waals surface area contributed by atoms with E-state index in [0.29, 0.717) is 5.89 Å². The van der Waals surface area contributed by atoms with Gasteiger partial charge in [0.25, 0.3) is 5.44 Å². The lowest BCUT2D eigenvalue weighted by molar-refractivity contribution is 0.488. The molecule has 1 aromatic heterocycles. The molecular formula is C29H25NOPS+. The van der Waals surface area contributed by atoms with E-state index >= 15 is 0 Å². The van der Waals surface area contributed by atoms with Crippen molar-refractivity contribution in [3.05, 3.63) is 121 Å². The van der Waals surface area contributed by atoms with Crippen LogP contribution in [0.2, 0.25) is 0 Å². The molecule has 0 amide bonds. The predicted octanol–water partition coefficient (Wildman–Crippen LogP) is 5.99. The van der Waals surface area contributed by atoms with Crippen LogP contribution in [0.5, 0.6) is 0 Å². The van der Waals surface area contributed by atoms with Gasteiger partial charge in [0.1, 0.15) is 15.9 Å². The number of aromatic nitrogens is 1. The van der Waals surface area contributed by atoms with Gasteiger partial charge in [-0.15, -0.1) is 0 Å². The third-order valence-corrected chi connectivity index (χ3v) is 10.8. The van der Waals surface area contributed by atoms with Crippen molar-refractivity contribution in [2.75, 3.05) is 6.26 Å². The maximum atomic E-state index is 6.44. The molecule has 0 aliphatic heterocycles. The van der Waals surface area contributed by atoms with Crippen molar-refractivity contribution in [1.82, 2.24) is 4.98 Å². The summed E-state index contributed by atoms with van der Waals surface area (Å²) in [4.78, 5) is 5.24. The summed E-state index contributed by atoms with van der Waals surface area (Å²) in [5.41, 5.74) is 3.24. The molecule has 5 aromatic rings. The van der Waals surface area contributed by atoms with Crippen molar-refractivity contribution in [2.45, 2.75) is 12.0 Å². The van der Waals surface area contributed by atoms with Gasteiger partial charge in [-0.3, -0.25) is 0 Å². The Kier molecular flexibility index (Phi) is 6.17. The van der Waals surface area contributed by atoms with E-state index in [9.17, 15) is 0 Å². The summed E-state index contributed by atoms with van der Waals surface area (Å²) < 4.78 is 6.44. The van der Waals surface area contributed by atoms with Gasteiger partial charge >= 0.3 is 0 Å². The highest BCUT2D eigenvalue weighted by molar-refractivity contribution is 8.04. The first-order chi connectivity index (χ1) is 16.2. The predicted molar refractivity (Wildman–Crippen MR) is 143 cm³/mol. The molecule has 0 aliphatic rings. The lowest BCUT2D eigenvalue weighted by Gasteiger charge is -2.25. The molecule has 0 unspecified atom stereocenters. The van der Waals surface area contributed by atoms with E-state index in [1.807, 2.05) is 0 Å². The second-order valence-electron chi connectivity index (χ2n) is 7.88. The maximum absolute atomic E-state index is 6.44. The molecule has 0 bridgehead atoms. The maximum Gasteiger partial charge on any atom is 0.251 e. The lowest BCUT2D eigenvalue weighted by Crippen LogP contribution is -2.39. The Bertz CT molecular complexity index is 1240. The fourth-order valence-electron chi connectivity index (χ4n) is 4.23. The topological polar surface area (TPSA) is 26.0 Å². The van der Waals surface area contributed by atoms with Crippen molar-refractivity contribution in [3.63, 3.8) is 0 Å². The molecule has 0 atom stereocenters. The molecule has 0 fully saturated rings. The summed E-state index contributed by atoms with van der Waals surface area (Å²) in [5, 5.41) is 4.67. The molecule has 4 aromatic carbocycles. The van der Waals surface area contributed by atoms with E-state index in [-0.39, 0.29) is 0 Å². The Morgan fingerprint density at radius 2 is 1.09 bits per heavy atom. The van der Waals surface area contributed by atoms with Gasteiger partial charge in [0.2, 0.25) is 11.0 Å². The molecule has 0 saturated carbocycles. The van der Waals surface area contributed by atoms with E-state index < -0.39 is 7.26 Å². The zero-order valence-electron chi connectivity index (χ0n) is 18.7. The fourth-order valence-corrected chi connectivity index (χ4v) is 9.35. The Labute approximate surface area is 200 Å². The average molecular weight is 467 g/mol. The van der Waals surface area contributed by atoms with Crippen LogP contribution < -0.4 is 21.3 Å². The average Bonchev–Trinajstić information content (AvgIpc) is 3.32. The third kappa shape index (κ3) is 3.93. The SMILES string of the molecule is CSc1oc(-c2ccc(C)cc2)nc1[P+](c1ccccc1)(c1ccccc1)c1ccccc1. The summed E-state index contributed by atoms with van der Waals surface area (Å²) in [6.07, 6.45) is 2.07. The van der Waals surface area contributed by atoms with Crippen molar-refractivity contribution >= 4 is 40.4 Å². The molecule has 33 heavy (non-hydrogen) atoms. The van der Waals surface area contributed by atoms with Crippen LogP contribution in [0.15, 0.2) is 125 Å². The van der Waals surface area contributed by atoms with Crippen LogP contribution in [0.3, 0.4) is 0 Å². The summed E-state index contributed by atoms with van der Waals surface area (Å²) >= 11 is 1.62. The largest absolute Gasteiger partial charge is 0.425 e. The van der Waals surface area contributed by atoms with Crippen LogP contribution in [-0.2, 0) is 0 Å². The number of nitrogens with zero attached hydrogens (tertiary/aromatic N) is 1. The quantitative estimate of drug-likeness (QED) is 0.227. The molecule has 5 rings (SSSR count). The molecule has 0 saturated heterocycles. The monoisotopic (exact) mass is 466 g/mol. The zero-order valence-corrected chi connectivity index (χ0v) is 20.4. The number of aryl methyl sites for hydroxylation is 1. The number of hydrogen-bond acceptors (Lipinski definition) is 3. The van der Waals surface area contributed by atoms with E-state index in [0.717, 1.165) is 16.1 Å². The van der Waals surface area contributed by atoms with Crippen molar-refractivity contribution < 1.29 is 4.42 Å². The van der Waals surface area contributed by atoms with E-state index in [1.54, 1.807) is 11.8 Å². The lowest BCUT2D eigenvalue weighted by atomic mass is 10.1. The van der Waals surface area contributed by atoms with Crippen molar-refractivity contribution in [2.24, 2.45) is 0 Å². The number of benzene rings is 4. The highest BCUT2D eigenvalue weighted by Gasteiger charge is 2.52. The Balaban J connectivity index is 1.87.